The molecule has 10 atom stereocenters. The van der Waals surface area contributed by atoms with Crippen molar-refractivity contribution in [3.63, 3.8) is 0 Å². The number of aliphatic hydroxyl groups excluding tert-OH is 2. The van der Waals surface area contributed by atoms with Crippen LogP contribution in [0.2, 0.25) is 0 Å². The van der Waals surface area contributed by atoms with Crippen LogP contribution in [-0.4, -0.2) is 47.6 Å². The van der Waals surface area contributed by atoms with Gasteiger partial charge >= 0.3 is 11.4 Å². The Labute approximate surface area is 228 Å². The van der Waals surface area contributed by atoms with Gasteiger partial charge in [0.15, 0.2) is 0 Å². The second-order valence-electron chi connectivity index (χ2n) is 14.0. The van der Waals surface area contributed by atoms with Gasteiger partial charge in [0, 0.05) is 24.9 Å². The van der Waals surface area contributed by atoms with Crippen LogP contribution in [0.15, 0.2) is 52.1 Å². The molecule has 0 radical (unpaired) electrons. The highest BCUT2D eigenvalue weighted by Crippen LogP contribution is 2.75. The molecule has 8 nitrogen and oxygen atoms in total. The van der Waals surface area contributed by atoms with Crippen LogP contribution < -0.4 is 11.4 Å². The van der Waals surface area contributed by atoms with Crippen LogP contribution in [0.25, 0.3) is 5.69 Å². The van der Waals surface area contributed by atoms with Crippen molar-refractivity contribution in [2.24, 2.45) is 34.5 Å². The third-order valence-corrected chi connectivity index (χ3v) is 12.7. The fraction of sp³-hybridized carbons (Fsp3) is 0.677. The number of hydrogen-bond acceptors (Lipinski definition) is 5. The van der Waals surface area contributed by atoms with Crippen molar-refractivity contribution < 1.29 is 15.3 Å². The zero-order valence-electron chi connectivity index (χ0n) is 23.4. The van der Waals surface area contributed by atoms with Gasteiger partial charge in [0.1, 0.15) is 0 Å². The fourth-order valence-corrected chi connectivity index (χ4v) is 11.0. The van der Waals surface area contributed by atoms with E-state index in [4.69, 9.17) is 0 Å². The normalized spacial score (nSPS) is 46.3. The highest BCUT2D eigenvalue weighted by atomic mass is 16.3. The minimum atomic E-state index is -1.26. The SMILES string of the molecule is C[C@H](CO)[C@H]1CC[C@@H]2[C@]1(C)CC[C@H]1[C@]23C=C[C@]2(C[C@@H](O)C[C@](C)(O)[C@]12C)n1c(=O)n(-c2ccccc2)c(=O)n13. The summed E-state index contributed by atoms with van der Waals surface area (Å²) >= 11 is 0. The van der Waals surface area contributed by atoms with Gasteiger partial charge < -0.3 is 15.3 Å². The summed E-state index contributed by atoms with van der Waals surface area (Å²) in [4.78, 5) is 29.0. The van der Waals surface area contributed by atoms with E-state index in [-0.39, 0.29) is 48.3 Å². The predicted molar refractivity (Wildman–Crippen MR) is 147 cm³/mol. The molecule has 4 aliphatic carbocycles. The molecule has 0 unspecified atom stereocenters. The van der Waals surface area contributed by atoms with Gasteiger partial charge in [-0.15, -0.1) is 0 Å². The Balaban J connectivity index is 1.59. The molecule has 0 saturated heterocycles. The predicted octanol–water partition coefficient (Wildman–Crippen LogP) is 2.76. The summed E-state index contributed by atoms with van der Waals surface area (Å²) in [5.74, 6) is 0.409. The van der Waals surface area contributed by atoms with E-state index in [1.807, 2.05) is 25.1 Å². The van der Waals surface area contributed by atoms with Crippen molar-refractivity contribution in [1.82, 2.24) is 13.9 Å². The van der Waals surface area contributed by atoms with E-state index >= 15 is 0 Å². The number of nitrogens with zero attached hydrogens (tertiary/aromatic N) is 3. The standard InChI is InChI=1S/C31H41N3O5/c1-19(18-35)22-10-11-23-27(22,2)13-12-24-29(4)28(3,39)16-21(36)17-30(29)14-15-31(23,24)34-26(38)32(25(37)33(30)34)20-8-6-5-7-9-20/h5-9,14-15,19,21-24,35-36,39H,10-13,16-18H2,1-4H3/t19-,21+,22-,23-,24-,27-,28+,29+,30-,31+/m1/s1. The summed E-state index contributed by atoms with van der Waals surface area (Å²) < 4.78 is 4.69. The number of hydrogen-bond donors (Lipinski definition) is 3. The van der Waals surface area contributed by atoms with Crippen molar-refractivity contribution in [1.29, 1.82) is 0 Å². The molecule has 2 bridgehead atoms. The first-order valence-corrected chi connectivity index (χ1v) is 14.7. The number of rotatable bonds is 3. The lowest BCUT2D eigenvalue weighted by molar-refractivity contribution is -0.273. The van der Waals surface area contributed by atoms with Crippen LogP contribution >= 0.6 is 0 Å². The number of para-hydroxylation sites is 1. The number of benzene rings is 1. The highest BCUT2D eigenvalue weighted by Gasteiger charge is 2.79. The molecule has 1 aromatic heterocycles. The molecule has 3 heterocycles. The highest BCUT2D eigenvalue weighted by molar-refractivity contribution is 5.40. The van der Waals surface area contributed by atoms with Crippen molar-refractivity contribution in [2.75, 3.05) is 6.61 Å². The molecule has 8 heteroatoms. The molecule has 8 rings (SSSR count). The molecule has 0 amide bonds. The van der Waals surface area contributed by atoms with E-state index in [0.29, 0.717) is 11.6 Å². The molecule has 1 aromatic carbocycles. The summed E-state index contributed by atoms with van der Waals surface area (Å²) in [5, 5.41) is 33.5. The van der Waals surface area contributed by atoms with E-state index in [2.05, 4.69) is 32.9 Å². The molecule has 3 N–H and O–H groups in total. The fourth-order valence-electron chi connectivity index (χ4n) is 11.0. The molecule has 3 saturated carbocycles. The maximum atomic E-state index is 14.6. The van der Waals surface area contributed by atoms with E-state index in [0.717, 1.165) is 25.7 Å². The van der Waals surface area contributed by atoms with E-state index < -0.39 is 33.9 Å². The average molecular weight is 536 g/mol. The Morgan fingerprint density at radius 1 is 0.949 bits per heavy atom. The van der Waals surface area contributed by atoms with Gasteiger partial charge in [-0.25, -0.2) is 23.5 Å². The zero-order valence-corrected chi connectivity index (χ0v) is 23.4. The van der Waals surface area contributed by atoms with Crippen LogP contribution in [0, 0.1) is 34.5 Å². The molecule has 2 aliphatic heterocycles. The van der Waals surface area contributed by atoms with Crippen molar-refractivity contribution in [2.45, 2.75) is 89.0 Å². The van der Waals surface area contributed by atoms with E-state index in [1.54, 1.807) is 21.5 Å². The lowest BCUT2D eigenvalue weighted by atomic mass is 9.37. The Hall–Kier alpha value is -2.42. The monoisotopic (exact) mass is 535 g/mol. The van der Waals surface area contributed by atoms with Gasteiger partial charge in [-0.1, -0.05) is 51.1 Å². The summed E-state index contributed by atoms with van der Waals surface area (Å²) in [5.41, 5.74) is -4.27. The van der Waals surface area contributed by atoms with Gasteiger partial charge in [-0.3, -0.25) is 0 Å². The third-order valence-electron chi connectivity index (χ3n) is 12.7. The van der Waals surface area contributed by atoms with Crippen molar-refractivity contribution in [3.05, 3.63) is 63.5 Å². The second kappa shape index (κ2) is 7.65. The minimum absolute atomic E-state index is 0.0618. The first-order chi connectivity index (χ1) is 18.4. The van der Waals surface area contributed by atoms with Crippen LogP contribution in [0.4, 0.5) is 0 Å². The number of allylic oxidation sites excluding steroid dienone is 2. The maximum absolute atomic E-state index is 14.6. The maximum Gasteiger partial charge on any atom is 0.352 e. The minimum Gasteiger partial charge on any atom is -0.396 e. The summed E-state index contributed by atoms with van der Waals surface area (Å²) in [7, 11) is 0. The summed E-state index contributed by atoms with van der Waals surface area (Å²) in [6.07, 6.45) is 7.54. The molecular weight excluding hydrogens is 494 g/mol. The van der Waals surface area contributed by atoms with E-state index in [9.17, 15) is 24.9 Å². The Bertz CT molecular complexity index is 1490. The molecule has 3 fully saturated rings. The van der Waals surface area contributed by atoms with Gasteiger partial charge in [0.05, 0.1) is 28.5 Å². The molecule has 39 heavy (non-hydrogen) atoms. The molecule has 6 aliphatic rings. The number of aliphatic hydroxyl groups is 3. The number of fused-ring (bicyclic) bond motifs is 1. The van der Waals surface area contributed by atoms with Gasteiger partial charge in [-0.05, 0) is 73.8 Å². The lowest BCUT2D eigenvalue weighted by Crippen LogP contribution is -2.81. The summed E-state index contributed by atoms with van der Waals surface area (Å²) in [6.45, 7) is 8.49. The van der Waals surface area contributed by atoms with E-state index in [1.165, 1.54) is 4.57 Å². The first-order valence-electron chi connectivity index (χ1n) is 14.7. The van der Waals surface area contributed by atoms with Crippen LogP contribution in [0.3, 0.4) is 0 Å². The topological polar surface area (TPSA) is 110 Å². The molecular formula is C31H41N3O5. The summed E-state index contributed by atoms with van der Waals surface area (Å²) in [6, 6.07) is 9.07. The Morgan fingerprint density at radius 2 is 1.64 bits per heavy atom. The molecule has 210 valence electrons. The second-order valence-corrected chi connectivity index (χ2v) is 14.0. The van der Waals surface area contributed by atoms with Gasteiger partial charge in [0.2, 0.25) is 0 Å². The van der Waals surface area contributed by atoms with Gasteiger partial charge in [-0.2, -0.15) is 0 Å². The quantitative estimate of drug-likeness (QED) is 0.524. The molecule has 2 spiro atoms. The average Bonchev–Trinajstić information content (AvgIpc) is 3.39. The largest absolute Gasteiger partial charge is 0.396 e. The first kappa shape index (κ1) is 25.5. The zero-order chi connectivity index (χ0) is 27.8. The van der Waals surface area contributed by atoms with Gasteiger partial charge in [0.25, 0.3) is 0 Å². The number of aromatic nitrogens is 3. The van der Waals surface area contributed by atoms with Crippen LogP contribution in [0.5, 0.6) is 0 Å². The van der Waals surface area contributed by atoms with Crippen LogP contribution in [-0.2, 0) is 11.1 Å². The Morgan fingerprint density at radius 3 is 2.33 bits per heavy atom. The van der Waals surface area contributed by atoms with Crippen molar-refractivity contribution in [3.8, 4) is 5.69 Å². The third kappa shape index (κ3) is 2.63. The van der Waals surface area contributed by atoms with Crippen molar-refractivity contribution >= 4 is 0 Å². The smallest absolute Gasteiger partial charge is 0.352 e. The lowest BCUT2D eigenvalue weighted by Gasteiger charge is -2.74. The molecule has 2 aromatic rings. The van der Waals surface area contributed by atoms with Crippen LogP contribution in [0.1, 0.15) is 66.2 Å². The Kier molecular flexibility index (Phi) is 5.01.